The van der Waals surface area contributed by atoms with Gasteiger partial charge in [-0.2, -0.15) is 0 Å². The summed E-state index contributed by atoms with van der Waals surface area (Å²) in [6.07, 6.45) is 0. The van der Waals surface area contributed by atoms with Crippen molar-refractivity contribution < 1.29 is 9.50 Å². The molecule has 3 N–H and O–H groups in total. The molecule has 0 heterocycles. The highest BCUT2D eigenvalue weighted by molar-refractivity contribution is 6.32. The molecule has 1 atom stereocenters. The van der Waals surface area contributed by atoms with Gasteiger partial charge in [-0.25, -0.2) is 4.39 Å². The number of phenols is 1. The van der Waals surface area contributed by atoms with Crippen LogP contribution in [0.3, 0.4) is 0 Å². The van der Waals surface area contributed by atoms with Crippen molar-refractivity contribution in [2.45, 2.75) is 13.0 Å². The van der Waals surface area contributed by atoms with Gasteiger partial charge in [0.05, 0.1) is 5.02 Å². The molecule has 2 nitrogen and oxygen atoms in total. The van der Waals surface area contributed by atoms with Gasteiger partial charge in [0.2, 0.25) is 0 Å². The number of phenolic OH excluding ortho intramolecular Hbond substituents is 1. The van der Waals surface area contributed by atoms with Crippen molar-refractivity contribution in [2.24, 2.45) is 5.73 Å². The normalized spacial score (nSPS) is 13.0. The Morgan fingerprint density at radius 3 is 2.67 bits per heavy atom. The molecule has 0 fully saturated rings. The molecule has 0 unspecified atom stereocenters. The fraction of sp³-hybridized carbons (Fsp3) is 0.250. The number of rotatable bonds is 1. The number of benzene rings is 1. The second-order valence-corrected chi connectivity index (χ2v) is 3.02. The average Bonchev–Trinajstić information content (AvgIpc) is 1.96. The lowest BCUT2D eigenvalue weighted by Crippen LogP contribution is -2.05. The summed E-state index contributed by atoms with van der Waals surface area (Å²) < 4.78 is 12.7. The van der Waals surface area contributed by atoms with Crippen LogP contribution < -0.4 is 5.73 Å². The minimum atomic E-state index is -0.495. The molecule has 0 amide bonds. The second-order valence-electron chi connectivity index (χ2n) is 2.61. The fourth-order valence-corrected chi connectivity index (χ4v) is 1.15. The number of aromatic hydroxyl groups is 1. The number of hydrogen-bond donors (Lipinski definition) is 2. The molecule has 1 aromatic carbocycles. The molecule has 0 radical (unpaired) electrons. The van der Waals surface area contributed by atoms with E-state index in [2.05, 4.69) is 0 Å². The standard InChI is InChI=1S/C8H9ClFNO/c1-4(11)6-2-5(10)3-7(9)8(6)12/h2-4,12H,11H2,1H3/t4-/m1/s1. The maximum Gasteiger partial charge on any atom is 0.139 e. The number of hydrogen-bond acceptors (Lipinski definition) is 2. The summed E-state index contributed by atoms with van der Waals surface area (Å²) in [7, 11) is 0. The van der Waals surface area contributed by atoms with E-state index in [1.54, 1.807) is 6.92 Å². The average molecular weight is 190 g/mol. The highest BCUT2D eigenvalue weighted by Crippen LogP contribution is 2.31. The summed E-state index contributed by atoms with van der Waals surface area (Å²) >= 11 is 5.52. The van der Waals surface area contributed by atoms with Gasteiger partial charge < -0.3 is 10.8 Å². The van der Waals surface area contributed by atoms with E-state index in [1.807, 2.05) is 0 Å². The highest BCUT2D eigenvalue weighted by Gasteiger charge is 2.11. The molecule has 4 heteroatoms. The van der Waals surface area contributed by atoms with Crippen LogP contribution in [-0.4, -0.2) is 5.11 Å². The molecule has 0 aliphatic carbocycles. The first-order valence-electron chi connectivity index (χ1n) is 3.46. The summed E-state index contributed by atoms with van der Waals surface area (Å²) in [4.78, 5) is 0. The number of halogens is 2. The third kappa shape index (κ3) is 1.68. The van der Waals surface area contributed by atoms with Crippen LogP contribution >= 0.6 is 11.6 Å². The van der Waals surface area contributed by atoms with Gasteiger partial charge in [0, 0.05) is 11.6 Å². The highest BCUT2D eigenvalue weighted by atomic mass is 35.5. The van der Waals surface area contributed by atoms with E-state index in [1.165, 1.54) is 6.07 Å². The summed E-state index contributed by atoms with van der Waals surface area (Å²) in [5, 5.41) is 9.30. The van der Waals surface area contributed by atoms with Crippen molar-refractivity contribution in [3.05, 3.63) is 28.5 Å². The zero-order valence-electron chi connectivity index (χ0n) is 6.51. The Hall–Kier alpha value is -0.800. The Kier molecular flexibility index (Phi) is 2.55. The Labute approximate surface area is 74.8 Å². The van der Waals surface area contributed by atoms with Crippen molar-refractivity contribution in [3.63, 3.8) is 0 Å². The van der Waals surface area contributed by atoms with E-state index >= 15 is 0 Å². The first kappa shape index (κ1) is 9.29. The van der Waals surface area contributed by atoms with Gasteiger partial charge in [0.25, 0.3) is 0 Å². The van der Waals surface area contributed by atoms with Gasteiger partial charge in [-0.05, 0) is 19.1 Å². The van der Waals surface area contributed by atoms with Crippen molar-refractivity contribution in [1.29, 1.82) is 0 Å². The van der Waals surface area contributed by atoms with Gasteiger partial charge in [-0.1, -0.05) is 11.6 Å². The van der Waals surface area contributed by atoms with Crippen LogP contribution in [0.15, 0.2) is 12.1 Å². The lowest BCUT2D eigenvalue weighted by atomic mass is 10.1. The first-order valence-corrected chi connectivity index (χ1v) is 3.83. The summed E-state index contributed by atoms with van der Waals surface area (Å²) in [5.41, 5.74) is 5.79. The van der Waals surface area contributed by atoms with Crippen LogP contribution in [0.2, 0.25) is 5.02 Å². The molecule has 0 aliphatic heterocycles. The first-order chi connectivity index (χ1) is 5.52. The molecule has 0 saturated heterocycles. The molecule has 0 aromatic heterocycles. The lowest BCUT2D eigenvalue weighted by molar-refractivity contribution is 0.461. The minimum Gasteiger partial charge on any atom is -0.506 e. The van der Waals surface area contributed by atoms with E-state index in [4.69, 9.17) is 17.3 Å². The van der Waals surface area contributed by atoms with Crippen molar-refractivity contribution >= 4 is 11.6 Å². The summed E-state index contributed by atoms with van der Waals surface area (Å²) in [6, 6.07) is 1.78. The fourth-order valence-electron chi connectivity index (χ4n) is 0.933. The molecule has 1 rings (SSSR count). The van der Waals surface area contributed by atoms with Crippen LogP contribution in [0.4, 0.5) is 4.39 Å². The van der Waals surface area contributed by atoms with E-state index < -0.39 is 11.9 Å². The molecule has 12 heavy (non-hydrogen) atoms. The Balaban J connectivity index is 3.28. The van der Waals surface area contributed by atoms with Crippen molar-refractivity contribution in [3.8, 4) is 5.75 Å². The zero-order chi connectivity index (χ0) is 9.30. The predicted octanol–water partition coefficient (Wildman–Crippen LogP) is 2.20. The van der Waals surface area contributed by atoms with Crippen LogP contribution in [0.1, 0.15) is 18.5 Å². The maximum absolute atomic E-state index is 12.7. The lowest BCUT2D eigenvalue weighted by Gasteiger charge is -2.09. The van der Waals surface area contributed by atoms with Gasteiger partial charge >= 0.3 is 0 Å². The van der Waals surface area contributed by atoms with Gasteiger partial charge in [0.15, 0.2) is 0 Å². The van der Waals surface area contributed by atoms with Crippen molar-refractivity contribution in [2.75, 3.05) is 0 Å². The maximum atomic E-state index is 12.7. The zero-order valence-corrected chi connectivity index (χ0v) is 7.27. The van der Waals surface area contributed by atoms with Crippen LogP contribution in [0.5, 0.6) is 5.75 Å². The largest absolute Gasteiger partial charge is 0.506 e. The molecular formula is C8H9ClFNO. The molecule has 66 valence electrons. The van der Waals surface area contributed by atoms with Gasteiger partial charge in [-0.15, -0.1) is 0 Å². The second kappa shape index (κ2) is 3.29. The SMILES string of the molecule is C[C@@H](N)c1cc(F)cc(Cl)c1O. The number of nitrogens with two attached hydrogens (primary N) is 1. The van der Waals surface area contributed by atoms with E-state index in [0.717, 1.165) is 6.07 Å². The monoisotopic (exact) mass is 189 g/mol. The molecule has 1 aromatic rings. The molecule has 0 bridgehead atoms. The summed E-state index contributed by atoms with van der Waals surface area (Å²) in [6.45, 7) is 1.64. The summed E-state index contributed by atoms with van der Waals surface area (Å²) in [5.74, 6) is -0.641. The Bertz CT molecular complexity index is 301. The van der Waals surface area contributed by atoms with E-state index in [9.17, 15) is 9.50 Å². The molecule has 0 aliphatic rings. The topological polar surface area (TPSA) is 46.2 Å². The van der Waals surface area contributed by atoms with Crippen LogP contribution in [0.25, 0.3) is 0 Å². The van der Waals surface area contributed by atoms with E-state index in [0.29, 0.717) is 5.56 Å². The third-order valence-electron chi connectivity index (χ3n) is 1.55. The van der Waals surface area contributed by atoms with E-state index in [-0.39, 0.29) is 10.8 Å². The van der Waals surface area contributed by atoms with Gasteiger partial charge in [-0.3, -0.25) is 0 Å². The Morgan fingerprint density at radius 2 is 2.17 bits per heavy atom. The quantitative estimate of drug-likeness (QED) is 0.712. The third-order valence-corrected chi connectivity index (χ3v) is 1.84. The minimum absolute atomic E-state index is 0.0118. The smallest absolute Gasteiger partial charge is 0.139 e. The molecular weight excluding hydrogens is 181 g/mol. The Morgan fingerprint density at radius 1 is 1.58 bits per heavy atom. The van der Waals surface area contributed by atoms with Gasteiger partial charge in [0.1, 0.15) is 11.6 Å². The predicted molar refractivity (Wildman–Crippen MR) is 45.7 cm³/mol. The van der Waals surface area contributed by atoms with Crippen LogP contribution in [-0.2, 0) is 0 Å². The van der Waals surface area contributed by atoms with Crippen molar-refractivity contribution in [1.82, 2.24) is 0 Å². The molecule has 0 saturated carbocycles. The van der Waals surface area contributed by atoms with Crippen LogP contribution in [0, 0.1) is 5.82 Å². The molecule has 0 spiro atoms.